The first-order valence-corrected chi connectivity index (χ1v) is 10.1. The van der Waals surface area contributed by atoms with Crippen LogP contribution in [0.4, 0.5) is 0 Å². The molecule has 1 fully saturated rings. The quantitative estimate of drug-likeness (QED) is 0.571. The molecule has 0 bridgehead atoms. The lowest BCUT2D eigenvalue weighted by Crippen LogP contribution is -2.35. The molecule has 3 rings (SSSR count). The van der Waals surface area contributed by atoms with E-state index in [9.17, 15) is 4.79 Å². The van der Waals surface area contributed by atoms with Crippen LogP contribution in [0.2, 0.25) is 5.02 Å². The van der Waals surface area contributed by atoms with E-state index in [2.05, 4.69) is 25.2 Å². The number of benzene rings is 2. The van der Waals surface area contributed by atoms with E-state index >= 15 is 0 Å². The Morgan fingerprint density at radius 3 is 2.58 bits per heavy atom. The first-order chi connectivity index (χ1) is 12.6. The smallest absolute Gasteiger partial charge is 0.251 e. The average Bonchev–Trinajstić information content (AvgIpc) is 3.34. The van der Waals surface area contributed by atoms with Crippen molar-refractivity contribution in [2.75, 3.05) is 0 Å². The van der Waals surface area contributed by atoms with Gasteiger partial charge in [0.15, 0.2) is 0 Å². The van der Waals surface area contributed by atoms with E-state index in [1.54, 1.807) is 0 Å². The molecule has 0 radical (unpaired) electrons. The highest BCUT2D eigenvalue weighted by atomic mass is 35.5. The van der Waals surface area contributed by atoms with Crippen molar-refractivity contribution in [2.24, 2.45) is 11.3 Å². The van der Waals surface area contributed by atoms with Gasteiger partial charge in [0.1, 0.15) is 0 Å². The summed E-state index contributed by atoms with van der Waals surface area (Å²) in [6, 6.07) is 17.5. The Kier molecular flexibility index (Phi) is 6.03. The predicted octanol–water partition coefficient (Wildman–Crippen LogP) is 6.42. The van der Waals surface area contributed by atoms with Gasteiger partial charge in [-0.1, -0.05) is 75.0 Å². The van der Waals surface area contributed by atoms with Gasteiger partial charge in [-0.15, -0.1) is 0 Å². The molecule has 26 heavy (non-hydrogen) atoms. The molecule has 0 spiro atoms. The maximum atomic E-state index is 12.9. The number of halogens is 1. The molecular weight excluding hydrogens is 342 g/mol. The normalized spacial score (nSPS) is 22.7. The van der Waals surface area contributed by atoms with E-state index in [1.165, 1.54) is 19.3 Å². The van der Waals surface area contributed by atoms with Crippen LogP contribution < -0.4 is 5.32 Å². The van der Waals surface area contributed by atoms with Crippen LogP contribution in [0.25, 0.3) is 0 Å². The monoisotopic (exact) mass is 369 g/mol. The number of hydrogen-bond donors (Lipinski definition) is 1. The third-order valence-corrected chi connectivity index (χ3v) is 5.94. The summed E-state index contributed by atoms with van der Waals surface area (Å²) >= 11 is 6.27. The first kappa shape index (κ1) is 19.0. The molecule has 1 saturated carbocycles. The molecule has 3 heteroatoms. The Morgan fingerprint density at radius 1 is 1.15 bits per heavy atom. The zero-order valence-corrected chi connectivity index (χ0v) is 16.4. The van der Waals surface area contributed by atoms with E-state index in [0.29, 0.717) is 11.5 Å². The van der Waals surface area contributed by atoms with E-state index in [4.69, 9.17) is 11.6 Å². The molecule has 1 aliphatic rings. The second kappa shape index (κ2) is 8.26. The molecule has 1 N–H and O–H groups in total. The molecule has 0 unspecified atom stereocenters. The van der Waals surface area contributed by atoms with Crippen LogP contribution in [0.5, 0.6) is 0 Å². The fraction of sp³-hybridized carbons (Fsp3) is 0.435. The van der Waals surface area contributed by atoms with Gasteiger partial charge in [0.2, 0.25) is 0 Å². The van der Waals surface area contributed by atoms with Gasteiger partial charge in [-0.05, 0) is 54.0 Å². The van der Waals surface area contributed by atoms with Crippen LogP contribution in [0.15, 0.2) is 54.6 Å². The van der Waals surface area contributed by atoms with E-state index < -0.39 is 0 Å². The summed E-state index contributed by atoms with van der Waals surface area (Å²) in [5, 5.41) is 4.08. The molecule has 3 atom stereocenters. The van der Waals surface area contributed by atoms with Gasteiger partial charge in [0, 0.05) is 10.6 Å². The molecule has 0 heterocycles. The molecule has 138 valence electrons. The second-order valence-electron chi connectivity index (χ2n) is 7.50. The molecule has 2 aromatic carbocycles. The predicted molar refractivity (Wildman–Crippen MR) is 108 cm³/mol. The lowest BCUT2D eigenvalue weighted by atomic mass is 9.83. The minimum absolute atomic E-state index is 0.00501. The zero-order valence-electron chi connectivity index (χ0n) is 15.7. The van der Waals surface area contributed by atoms with Gasteiger partial charge in [0.05, 0.1) is 6.04 Å². The van der Waals surface area contributed by atoms with Gasteiger partial charge >= 0.3 is 0 Å². The maximum absolute atomic E-state index is 12.9. The Labute approximate surface area is 162 Å². The second-order valence-corrected chi connectivity index (χ2v) is 7.94. The summed E-state index contributed by atoms with van der Waals surface area (Å²) in [4.78, 5) is 12.9. The summed E-state index contributed by atoms with van der Waals surface area (Å²) in [6.45, 7) is 4.48. The molecule has 0 saturated heterocycles. The van der Waals surface area contributed by atoms with Crippen LogP contribution in [0.1, 0.15) is 67.9 Å². The molecule has 0 aromatic heterocycles. The zero-order chi connectivity index (χ0) is 18.6. The van der Waals surface area contributed by atoms with Crippen LogP contribution >= 0.6 is 11.6 Å². The summed E-state index contributed by atoms with van der Waals surface area (Å²) in [6.07, 6.45) is 5.84. The fourth-order valence-electron chi connectivity index (χ4n) is 4.46. The van der Waals surface area contributed by atoms with Crippen molar-refractivity contribution < 1.29 is 4.79 Å². The van der Waals surface area contributed by atoms with E-state index in [0.717, 1.165) is 23.4 Å². The third-order valence-electron chi connectivity index (χ3n) is 5.70. The van der Waals surface area contributed by atoms with Crippen LogP contribution in [0.3, 0.4) is 0 Å². The highest BCUT2D eigenvalue weighted by molar-refractivity contribution is 6.30. The fourth-order valence-corrected chi connectivity index (χ4v) is 4.66. The van der Waals surface area contributed by atoms with Gasteiger partial charge < -0.3 is 5.32 Å². The summed E-state index contributed by atoms with van der Waals surface area (Å²) < 4.78 is 0. The number of rotatable bonds is 8. The highest BCUT2D eigenvalue weighted by Crippen LogP contribution is 2.64. The largest absolute Gasteiger partial charge is 0.345 e. The SMILES string of the molecule is CCC[C@@H]1C[C@@]1(CCC)[C@@H](NC(=O)c1ccccc1)c1cccc(Cl)c1. The lowest BCUT2D eigenvalue weighted by molar-refractivity contribution is 0.0908. The maximum Gasteiger partial charge on any atom is 0.251 e. The highest BCUT2D eigenvalue weighted by Gasteiger charge is 2.57. The topological polar surface area (TPSA) is 29.1 Å². The Balaban J connectivity index is 1.93. The summed E-state index contributed by atoms with van der Waals surface area (Å²) in [5.41, 5.74) is 1.98. The van der Waals surface area contributed by atoms with Crippen molar-refractivity contribution in [3.05, 3.63) is 70.7 Å². The Hall–Kier alpha value is -1.80. The van der Waals surface area contributed by atoms with Gasteiger partial charge in [-0.3, -0.25) is 4.79 Å². The minimum Gasteiger partial charge on any atom is -0.345 e. The van der Waals surface area contributed by atoms with Crippen LogP contribution in [0, 0.1) is 11.3 Å². The van der Waals surface area contributed by atoms with Crippen molar-refractivity contribution in [2.45, 2.75) is 52.0 Å². The van der Waals surface area contributed by atoms with Crippen molar-refractivity contribution in [1.29, 1.82) is 0 Å². The molecule has 2 aromatic rings. The van der Waals surface area contributed by atoms with Crippen molar-refractivity contribution >= 4 is 17.5 Å². The van der Waals surface area contributed by atoms with E-state index in [-0.39, 0.29) is 17.4 Å². The van der Waals surface area contributed by atoms with Gasteiger partial charge in [-0.25, -0.2) is 0 Å². The van der Waals surface area contributed by atoms with Crippen molar-refractivity contribution in [3.8, 4) is 0 Å². The molecular formula is C23H28ClNO. The molecule has 1 amide bonds. The van der Waals surface area contributed by atoms with Crippen LogP contribution in [-0.4, -0.2) is 5.91 Å². The number of amides is 1. The van der Waals surface area contributed by atoms with Crippen LogP contribution in [-0.2, 0) is 0 Å². The number of carbonyl (C=O) groups excluding carboxylic acids is 1. The Morgan fingerprint density at radius 2 is 1.92 bits per heavy atom. The first-order valence-electron chi connectivity index (χ1n) is 9.72. The lowest BCUT2D eigenvalue weighted by Gasteiger charge is -2.30. The number of carbonyl (C=O) groups is 1. The summed E-state index contributed by atoms with van der Waals surface area (Å²) in [7, 11) is 0. The number of hydrogen-bond acceptors (Lipinski definition) is 1. The van der Waals surface area contributed by atoms with Gasteiger partial charge in [-0.2, -0.15) is 0 Å². The third kappa shape index (κ3) is 3.96. The van der Waals surface area contributed by atoms with Crippen molar-refractivity contribution in [3.63, 3.8) is 0 Å². The standard InChI is InChI=1S/C23H28ClNO/c1-3-9-19-16-23(19,14-4-2)21(18-12-8-13-20(24)15-18)25-22(26)17-10-6-5-7-11-17/h5-8,10-13,15,19,21H,3-4,9,14,16H2,1-2H3,(H,25,26)/t19-,21+,23-/m1/s1. The molecule has 0 aliphatic heterocycles. The Bertz CT molecular complexity index is 745. The van der Waals surface area contributed by atoms with Crippen molar-refractivity contribution in [1.82, 2.24) is 5.32 Å². The summed E-state index contributed by atoms with van der Waals surface area (Å²) in [5.74, 6) is 0.667. The van der Waals surface area contributed by atoms with E-state index in [1.807, 2.05) is 48.5 Å². The average molecular weight is 370 g/mol. The van der Waals surface area contributed by atoms with Gasteiger partial charge in [0.25, 0.3) is 5.91 Å². The molecule has 2 nitrogen and oxygen atoms in total. The number of nitrogens with one attached hydrogen (secondary N) is 1. The molecule has 1 aliphatic carbocycles. The minimum atomic E-state index is -0.00629.